The summed E-state index contributed by atoms with van der Waals surface area (Å²) in [6, 6.07) is 14.7. The number of nitrogens with zero attached hydrogens (tertiary/aromatic N) is 5. The molecule has 0 spiro atoms. The quantitative estimate of drug-likeness (QED) is 0.137. The highest BCUT2D eigenvalue weighted by atomic mass is 19.4. The number of alkyl halides is 6. The lowest BCUT2D eigenvalue weighted by atomic mass is 9.81. The van der Waals surface area contributed by atoms with Crippen molar-refractivity contribution in [2.45, 2.75) is 76.9 Å². The Bertz CT molecular complexity index is 1960. The number of pyridine rings is 1. The first-order valence-electron chi connectivity index (χ1n) is 17.5. The molecule has 0 aliphatic heterocycles. The van der Waals surface area contributed by atoms with Crippen LogP contribution in [0.1, 0.15) is 57.7 Å². The molecule has 3 amide bonds. The van der Waals surface area contributed by atoms with E-state index >= 15 is 0 Å². The molecule has 1 fully saturated rings. The third kappa shape index (κ3) is 12.8. The molecule has 306 valence electrons. The van der Waals surface area contributed by atoms with Crippen molar-refractivity contribution in [2.24, 2.45) is 17.6 Å². The normalized spacial score (nSPS) is 16.4. The molecule has 57 heavy (non-hydrogen) atoms. The zero-order chi connectivity index (χ0) is 42.1. The number of benzene rings is 2. The van der Waals surface area contributed by atoms with Gasteiger partial charge in [0.1, 0.15) is 11.3 Å². The number of carboxylic acid groups (broad SMARTS) is 1. The van der Waals surface area contributed by atoms with Gasteiger partial charge in [-0.3, -0.25) is 14.6 Å². The number of nitrogens with one attached hydrogen (secondary N) is 2. The number of carbonyl (C=O) groups excluding carboxylic acids is 3. The predicted molar refractivity (Wildman–Crippen MR) is 192 cm³/mol. The second-order valence-electron chi connectivity index (χ2n) is 14.1. The smallest absolute Gasteiger partial charge is 0.475 e. The van der Waals surface area contributed by atoms with Gasteiger partial charge in [0.25, 0.3) is 5.91 Å². The Kier molecular flexibility index (Phi) is 14.1. The minimum atomic E-state index is -5.08. The van der Waals surface area contributed by atoms with Gasteiger partial charge in [0.2, 0.25) is 11.7 Å². The molecule has 20 heteroatoms. The maximum absolute atomic E-state index is 14.1. The first-order valence-corrected chi connectivity index (χ1v) is 17.5. The highest BCUT2D eigenvalue weighted by molar-refractivity contribution is 6.17. The number of carboxylic acids is 1. The fourth-order valence-corrected chi connectivity index (χ4v) is 5.82. The largest absolute Gasteiger partial charge is 0.490 e. The number of aromatic amines is 1. The summed E-state index contributed by atoms with van der Waals surface area (Å²) >= 11 is 0. The Hall–Kier alpha value is -5.92. The van der Waals surface area contributed by atoms with Gasteiger partial charge >= 0.3 is 24.4 Å². The van der Waals surface area contributed by atoms with Crippen molar-refractivity contribution >= 4 is 29.6 Å². The molecule has 14 nitrogen and oxygen atoms in total. The van der Waals surface area contributed by atoms with Crippen LogP contribution in [0.4, 0.5) is 36.8 Å². The number of aromatic nitrogens is 5. The van der Waals surface area contributed by atoms with E-state index in [-0.39, 0.29) is 18.2 Å². The number of carbonyl (C=O) groups is 4. The lowest BCUT2D eigenvalue weighted by molar-refractivity contribution is -0.192. The first-order chi connectivity index (χ1) is 26.6. The number of anilines is 1. The molecule has 4 aromatic rings. The van der Waals surface area contributed by atoms with Gasteiger partial charge in [-0.05, 0) is 105 Å². The number of halogens is 6. The van der Waals surface area contributed by atoms with Crippen molar-refractivity contribution in [3.63, 3.8) is 0 Å². The maximum atomic E-state index is 14.1. The van der Waals surface area contributed by atoms with Gasteiger partial charge in [-0.1, -0.05) is 30.3 Å². The van der Waals surface area contributed by atoms with Crippen LogP contribution in [-0.4, -0.2) is 79.0 Å². The van der Waals surface area contributed by atoms with Crippen molar-refractivity contribution in [3.8, 4) is 22.5 Å². The number of H-pyrrole nitrogens is 1. The summed E-state index contributed by atoms with van der Waals surface area (Å²) in [7, 11) is 0. The molecule has 1 saturated carbocycles. The number of hydrogen-bond acceptors (Lipinski definition) is 10. The second kappa shape index (κ2) is 18.4. The number of aliphatic carboxylic acids is 1. The third-order valence-corrected chi connectivity index (χ3v) is 8.66. The van der Waals surface area contributed by atoms with Gasteiger partial charge in [-0.25, -0.2) is 14.5 Å². The molecule has 5 N–H and O–H groups in total. The Labute approximate surface area is 322 Å². The topological polar surface area (TPSA) is 206 Å². The van der Waals surface area contributed by atoms with E-state index in [1.165, 1.54) is 6.07 Å². The molecule has 2 aromatic carbocycles. The van der Waals surface area contributed by atoms with E-state index in [0.29, 0.717) is 66.0 Å². The average Bonchev–Trinajstić information content (AvgIpc) is 3.69. The van der Waals surface area contributed by atoms with Crippen molar-refractivity contribution in [3.05, 3.63) is 78.1 Å². The van der Waals surface area contributed by atoms with E-state index in [4.69, 9.17) is 20.4 Å². The first kappa shape index (κ1) is 43.8. The van der Waals surface area contributed by atoms with Gasteiger partial charge in [0.15, 0.2) is 0 Å². The molecule has 5 rings (SSSR count). The van der Waals surface area contributed by atoms with Crippen LogP contribution < -0.4 is 16.0 Å². The second-order valence-corrected chi connectivity index (χ2v) is 14.1. The molecule has 1 aliphatic carbocycles. The lowest BCUT2D eigenvalue weighted by Crippen LogP contribution is -2.50. The number of imide groups is 1. The van der Waals surface area contributed by atoms with E-state index in [9.17, 15) is 40.7 Å². The highest BCUT2D eigenvalue weighted by Crippen LogP contribution is 2.33. The number of alkyl carbamates (subject to hydrolysis) is 1. The van der Waals surface area contributed by atoms with Crippen molar-refractivity contribution < 1.29 is 55.4 Å². The Morgan fingerprint density at radius 2 is 1.47 bits per heavy atom. The van der Waals surface area contributed by atoms with Crippen molar-refractivity contribution in [1.29, 1.82) is 0 Å². The highest BCUT2D eigenvalue weighted by Gasteiger charge is 2.38. The average molecular weight is 807 g/mol. The number of tetrazole rings is 1. The van der Waals surface area contributed by atoms with Gasteiger partial charge in [-0.15, -0.1) is 10.2 Å². The summed E-state index contributed by atoms with van der Waals surface area (Å²) in [5.74, 6) is -3.61. The van der Waals surface area contributed by atoms with Gasteiger partial charge in [0.05, 0.1) is 11.7 Å². The molecular weight excluding hydrogens is 766 g/mol. The summed E-state index contributed by atoms with van der Waals surface area (Å²) in [5, 5.41) is 23.8. The number of hydrogen-bond donors (Lipinski definition) is 4. The van der Waals surface area contributed by atoms with Crippen LogP contribution >= 0.6 is 0 Å². The van der Waals surface area contributed by atoms with Crippen LogP contribution in [0.3, 0.4) is 0 Å². The van der Waals surface area contributed by atoms with Crippen LogP contribution in [0.25, 0.3) is 22.5 Å². The summed E-state index contributed by atoms with van der Waals surface area (Å²) in [4.78, 5) is 53.7. The van der Waals surface area contributed by atoms with Gasteiger partial charge in [0, 0.05) is 29.8 Å². The Morgan fingerprint density at radius 3 is 1.96 bits per heavy atom. The van der Waals surface area contributed by atoms with Crippen LogP contribution in [0.5, 0.6) is 0 Å². The summed E-state index contributed by atoms with van der Waals surface area (Å²) in [5.41, 5.74) is 7.70. The van der Waals surface area contributed by atoms with E-state index in [0.717, 1.165) is 17.2 Å². The third-order valence-electron chi connectivity index (χ3n) is 8.66. The molecule has 1 atom stereocenters. The van der Waals surface area contributed by atoms with Crippen LogP contribution in [0, 0.1) is 11.8 Å². The van der Waals surface area contributed by atoms with E-state index in [1.54, 1.807) is 69.3 Å². The van der Waals surface area contributed by atoms with Crippen LogP contribution in [0.2, 0.25) is 0 Å². The van der Waals surface area contributed by atoms with Gasteiger partial charge in [-0.2, -0.15) is 31.6 Å². The summed E-state index contributed by atoms with van der Waals surface area (Å²) in [6.45, 7) is 5.81. The zero-order valence-electron chi connectivity index (χ0n) is 30.9. The van der Waals surface area contributed by atoms with Crippen LogP contribution in [0.15, 0.2) is 66.9 Å². The SMILES string of the molecule is CC(C)(C)OC(=O)NC[C@H]1CC[C@H](C(=O)N(C(=O)[C@@H](N)Cc2ccc(-c3ccc(C(F)(F)F)nc3)cc2)c2ccc(-c3nn[nH]n3)cc2)CC1.O=C(O)C(F)(F)F. The Balaban J connectivity index is 0.000000940. The number of amides is 3. The molecule has 2 heterocycles. The molecule has 2 aromatic heterocycles. The molecular formula is C37H40F6N8O6. The van der Waals surface area contributed by atoms with E-state index < -0.39 is 53.6 Å². The fourth-order valence-electron chi connectivity index (χ4n) is 5.82. The number of rotatable bonds is 9. The number of ether oxygens (including phenoxy) is 1. The molecule has 1 aliphatic rings. The monoisotopic (exact) mass is 806 g/mol. The molecule has 0 bridgehead atoms. The van der Waals surface area contributed by atoms with Crippen LogP contribution in [-0.2, 0) is 31.7 Å². The van der Waals surface area contributed by atoms with Gasteiger partial charge < -0.3 is 20.9 Å². The standard InChI is InChI=1S/C35H39F3N8O4.C2HF3O2/c1-34(2,3)50-33(49)41-19-22-6-10-25(11-7-22)31(47)46(27-15-12-24(13-16-27)30-42-44-45-43-30)32(48)28(39)18-21-4-8-23(9-5-21)26-14-17-29(40-20-26)35(36,37)38;3-2(4,5)1(6)7/h4-5,8-9,12-17,20,22,25,28H,6-7,10-11,18-19,39H2,1-3H3,(H,41,49)(H,42,43,44,45);(H,6,7)/t22-,25-,28-;/m0./s1. The minimum absolute atomic E-state index is 0.109. The summed E-state index contributed by atoms with van der Waals surface area (Å²) in [6.07, 6.45) is -6.42. The van der Waals surface area contributed by atoms with E-state index in [2.05, 4.69) is 30.9 Å². The summed E-state index contributed by atoms with van der Waals surface area (Å²) < 4.78 is 75.8. The minimum Gasteiger partial charge on any atom is -0.475 e. The fraction of sp³-hybridized carbons (Fsp3) is 0.405. The predicted octanol–water partition coefficient (Wildman–Crippen LogP) is 6.34. The molecule has 0 radical (unpaired) electrons. The van der Waals surface area contributed by atoms with Crippen molar-refractivity contribution in [2.75, 3.05) is 11.4 Å². The Morgan fingerprint density at radius 1 is 0.895 bits per heavy atom. The van der Waals surface area contributed by atoms with Crippen molar-refractivity contribution in [1.82, 2.24) is 30.9 Å². The van der Waals surface area contributed by atoms with E-state index in [1.807, 2.05) is 0 Å². The molecule has 0 saturated heterocycles. The lowest BCUT2D eigenvalue weighted by Gasteiger charge is -2.32. The number of nitrogens with two attached hydrogens (primary N) is 1. The maximum Gasteiger partial charge on any atom is 0.490 e. The molecule has 0 unspecified atom stereocenters. The zero-order valence-corrected chi connectivity index (χ0v) is 30.9.